The summed E-state index contributed by atoms with van der Waals surface area (Å²) < 4.78 is 26.1. The molecule has 1 saturated carbocycles. The van der Waals surface area contributed by atoms with Gasteiger partial charge in [0.2, 0.25) is 0 Å². The molecule has 1 aliphatic rings. The van der Waals surface area contributed by atoms with Crippen LogP contribution < -0.4 is 5.32 Å². The van der Waals surface area contributed by atoms with Crippen molar-refractivity contribution in [3.8, 4) is 6.07 Å². The normalized spacial score (nSPS) is 23.6. The molecule has 96 valence electrons. The van der Waals surface area contributed by atoms with Gasteiger partial charge in [-0.05, 0) is 31.7 Å². The predicted molar refractivity (Wildman–Crippen MR) is 64.6 cm³/mol. The molecule has 18 heavy (non-hydrogen) atoms. The molecule has 2 rings (SSSR count). The summed E-state index contributed by atoms with van der Waals surface area (Å²) >= 11 is 0. The minimum atomic E-state index is -0.550. The maximum absolute atomic E-state index is 13.4. The zero-order valence-electron chi connectivity index (χ0n) is 10.1. The van der Waals surface area contributed by atoms with Gasteiger partial charge in [-0.1, -0.05) is 6.07 Å². The highest BCUT2D eigenvalue weighted by Crippen LogP contribution is 2.23. The third kappa shape index (κ3) is 3.27. The number of nitrogens with one attached hydrogen (secondary N) is 1. The van der Waals surface area contributed by atoms with Gasteiger partial charge in [0.05, 0.1) is 6.07 Å². The van der Waals surface area contributed by atoms with E-state index in [9.17, 15) is 8.78 Å². The van der Waals surface area contributed by atoms with Crippen molar-refractivity contribution in [1.29, 1.82) is 5.26 Å². The van der Waals surface area contributed by atoms with Gasteiger partial charge in [0.15, 0.2) is 0 Å². The smallest absolute Gasteiger partial charge is 0.130 e. The van der Waals surface area contributed by atoms with Crippen LogP contribution in [0.2, 0.25) is 0 Å². The lowest BCUT2D eigenvalue weighted by atomic mass is 9.87. The molecule has 0 spiro atoms. The van der Waals surface area contributed by atoms with Crippen LogP contribution in [0.4, 0.5) is 8.78 Å². The molecule has 0 heterocycles. The molecule has 0 bridgehead atoms. The van der Waals surface area contributed by atoms with Crippen LogP contribution >= 0.6 is 0 Å². The molecule has 0 aromatic heterocycles. The van der Waals surface area contributed by atoms with E-state index >= 15 is 0 Å². The van der Waals surface area contributed by atoms with E-state index in [2.05, 4.69) is 11.4 Å². The Morgan fingerprint density at radius 2 is 1.94 bits per heavy atom. The SMILES string of the molecule is N#CC1CCC(NCc2ccc(F)cc2F)CC1. The number of nitrogens with zero attached hydrogens (tertiary/aromatic N) is 1. The lowest BCUT2D eigenvalue weighted by molar-refractivity contribution is 0.329. The second-order valence-corrected chi connectivity index (χ2v) is 4.79. The lowest BCUT2D eigenvalue weighted by Crippen LogP contribution is -2.32. The van der Waals surface area contributed by atoms with Crippen molar-refractivity contribution >= 4 is 0 Å². The molecule has 0 radical (unpaired) electrons. The average molecular weight is 250 g/mol. The number of rotatable bonds is 3. The minimum absolute atomic E-state index is 0.172. The summed E-state index contributed by atoms with van der Waals surface area (Å²) in [7, 11) is 0. The van der Waals surface area contributed by atoms with Crippen LogP contribution in [0, 0.1) is 28.9 Å². The van der Waals surface area contributed by atoms with E-state index in [1.165, 1.54) is 12.1 Å². The van der Waals surface area contributed by atoms with Gasteiger partial charge >= 0.3 is 0 Å². The zero-order valence-corrected chi connectivity index (χ0v) is 10.1. The Morgan fingerprint density at radius 1 is 1.22 bits per heavy atom. The van der Waals surface area contributed by atoms with Gasteiger partial charge in [0.25, 0.3) is 0 Å². The molecule has 1 N–H and O–H groups in total. The minimum Gasteiger partial charge on any atom is -0.310 e. The Bertz CT molecular complexity index is 446. The van der Waals surface area contributed by atoms with E-state index in [0.717, 1.165) is 31.7 Å². The molecule has 1 aromatic rings. The quantitative estimate of drug-likeness (QED) is 0.894. The van der Waals surface area contributed by atoms with E-state index in [1.54, 1.807) is 0 Å². The maximum Gasteiger partial charge on any atom is 0.130 e. The maximum atomic E-state index is 13.4. The highest BCUT2D eigenvalue weighted by molar-refractivity contribution is 5.18. The van der Waals surface area contributed by atoms with Crippen molar-refractivity contribution < 1.29 is 8.78 Å². The topological polar surface area (TPSA) is 35.8 Å². The largest absolute Gasteiger partial charge is 0.310 e. The summed E-state index contributed by atoms with van der Waals surface area (Å²) in [6, 6.07) is 6.26. The van der Waals surface area contributed by atoms with Crippen molar-refractivity contribution in [2.75, 3.05) is 0 Å². The molecule has 0 amide bonds. The summed E-state index contributed by atoms with van der Waals surface area (Å²) in [4.78, 5) is 0. The van der Waals surface area contributed by atoms with E-state index < -0.39 is 11.6 Å². The molecule has 4 heteroatoms. The first-order valence-corrected chi connectivity index (χ1v) is 6.26. The first-order chi connectivity index (χ1) is 8.69. The Labute approximate surface area is 106 Å². The van der Waals surface area contributed by atoms with Gasteiger partial charge in [-0.3, -0.25) is 0 Å². The van der Waals surface area contributed by atoms with Crippen molar-refractivity contribution in [3.63, 3.8) is 0 Å². The number of benzene rings is 1. The Balaban J connectivity index is 1.83. The number of hydrogen-bond acceptors (Lipinski definition) is 2. The van der Waals surface area contributed by atoms with Crippen LogP contribution in [0.15, 0.2) is 18.2 Å². The molecule has 1 aromatic carbocycles. The summed E-state index contributed by atoms with van der Waals surface area (Å²) in [6.07, 6.45) is 3.70. The predicted octanol–water partition coefficient (Wildman–Crippen LogP) is 3.14. The van der Waals surface area contributed by atoms with E-state index in [0.29, 0.717) is 18.2 Å². The summed E-state index contributed by atoms with van der Waals surface area (Å²) in [5.74, 6) is -0.885. The van der Waals surface area contributed by atoms with Crippen molar-refractivity contribution in [3.05, 3.63) is 35.4 Å². The molecular weight excluding hydrogens is 234 g/mol. The molecule has 1 aliphatic carbocycles. The van der Waals surface area contributed by atoms with Gasteiger partial charge in [0, 0.05) is 30.1 Å². The average Bonchev–Trinajstić information content (AvgIpc) is 2.38. The van der Waals surface area contributed by atoms with Crippen LogP contribution in [0.1, 0.15) is 31.2 Å². The Hall–Kier alpha value is -1.47. The molecule has 1 fully saturated rings. The third-order valence-corrected chi connectivity index (χ3v) is 3.51. The summed E-state index contributed by atoms with van der Waals surface area (Å²) in [5.41, 5.74) is 0.485. The molecule has 0 aliphatic heterocycles. The number of halogens is 2. The number of hydrogen-bond donors (Lipinski definition) is 1. The second-order valence-electron chi connectivity index (χ2n) is 4.79. The van der Waals surface area contributed by atoms with Gasteiger partial charge < -0.3 is 5.32 Å². The first-order valence-electron chi connectivity index (χ1n) is 6.26. The van der Waals surface area contributed by atoms with Crippen LogP contribution in [-0.2, 0) is 6.54 Å². The van der Waals surface area contributed by atoms with Crippen molar-refractivity contribution in [2.45, 2.75) is 38.3 Å². The van der Waals surface area contributed by atoms with Gasteiger partial charge in [0.1, 0.15) is 11.6 Å². The fourth-order valence-electron chi connectivity index (χ4n) is 2.35. The summed E-state index contributed by atoms with van der Waals surface area (Å²) in [5, 5.41) is 12.1. The first kappa shape index (κ1) is 13.0. The fraction of sp³-hybridized carbons (Fsp3) is 0.500. The lowest BCUT2D eigenvalue weighted by Gasteiger charge is -2.25. The van der Waals surface area contributed by atoms with Crippen LogP contribution in [-0.4, -0.2) is 6.04 Å². The Morgan fingerprint density at radius 3 is 2.56 bits per heavy atom. The molecule has 0 atom stereocenters. The molecular formula is C14H16F2N2. The van der Waals surface area contributed by atoms with Crippen molar-refractivity contribution in [2.24, 2.45) is 5.92 Å². The van der Waals surface area contributed by atoms with E-state index in [-0.39, 0.29) is 5.92 Å². The second kappa shape index (κ2) is 5.92. The van der Waals surface area contributed by atoms with Crippen LogP contribution in [0.25, 0.3) is 0 Å². The highest BCUT2D eigenvalue weighted by atomic mass is 19.1. The van der Waals surface area contributed by atoms with Gasteiger partial charge in [-0.2, -0.15) is 5.26 Å². The van der Waals surface area contributed by atoms with Gasteiger partial charge in [-0.25, -0.2) is 8.78 Å². The highest BCUT2D eigenvalue weighted by Gasteiger charge is 2.20. The molecule has 0 unspecified atom stereocenters. The van der Waals surface area contributed by atoms with E-state index in [4.69, 9.17) is 5.26 Å². The molecule has 2 nitrogen and oxygen atoms in total. The van der Waals surface area contributed by atoms with Gasteiger partial charge in [-0.15, -0.1) is 0 Å². The summed E-state index contributed by atoms with van der Waals surface area (Å²) in [6.45, 7) is 0.411. The van der Waals surface area contributed by atoms with Crippen LogP contribution in [0.5, 0.6) is 0 Å². The monoisotopic (exact) mass is 250 g/mol. The van der Waals surface area contributed by atoms with Crippen molar-refractivity contribution in [1.82, 2.24) is 5.32 Å². The zero-order chi connectivity index (χ0) is 13.0. The third-order valence-electron chi connectivity index (χ3n) is 3.51. The van der Waals surface area contributed by atoms with E-state index in [1.807, 2.05) is 0 Å². The number of nitriles is 1. The van der Waals surface area contributed by atoms with Crippen LogP contribution in [0.3, 0.4) is 0 Å². The standard InChI is InChI=1S/C14H16F2N2/c15-12-4-3-11(14(16)7-12)9-18-13-5-1-10(8-17)2-6-13/h3-4,7,10,13,18H,1-2,5-6,9H2. The fourth-order valence-corrected chi connectivity index (χ4v) is 2.35. The Kier molecular flexibility index (Phi) is 4.27. The molecule has 0 saturated heterocycles.